The Kier molecular flexibility index (Phi) is 6.00. The lowest BCUT2D eigenvalue weighted by Gasteiger charge is -2.21. The van der Waals surface area contributed by atoms with Crippen LogP contribution in [0.2, 0.25) is 5.02 Å². The first-order chi connectivity index (χ1) is 10.6. The summed E-state index contributed by atoms with van der Waals surface area (Å²) in [7, 11) is 0. The van der Waals surface area contributed by atoms with E-state index in [1.54, 1.807) is 0 Å². The van der Waals surface area contributed by atoms with Gasteiger partial charge >= 0.3 is 6.03 Å². The fourth-order valence-electron chi connectivity index (χ4n) is 2.77. The van der Waals surface area contributed by atoms with Gasteiger partial charge < -0.3 is 10.6 Å². The second kappa shape index (κ2) is 7.98. The molecule has 0 saturated heterocycles. The third-order valence-corrected chi connectivity index (χ3v) is 4.28. The molecular weight excluding hydrogens is 306 g/mol. The van der Waals surface area contributed by atoms with E-state index in [0.717, 1.165) is 6.42 Å². The summed E-state index contributed by atoms with van der Waals surface area (Å²) in [5.41, 5.74) is 0.132. The number of nitrogens with zero attached hydrogens (tertiary/aromatic N) is 1. The van der Waals surface area contributed by atoms with Gasteiger partial charge in [-0.2, -0.15) is 0 Å². The number of benzene rings is 1. The summed E-state index contributed by atoms with van der Waals surface area (Å²) in [6.45, 7) is 0.617. The summed E-state index contributed by atoms with van der Waals surface area (Å²) in [5, 5.41) is 16.2. The van der Waals surface area contributed by atoms with Crippen LogP contribution < -0.4 is 10.6 Å². The summed E-state index contributed by atoms with van der Waals surface area (Å²) in [6.07, 6.45) is 7.35. The van der Waals surface area contributed by atoms with Crippen molar-refractivity contribution >= 4 is 29.0 Å². The Bertz CT molecular complexity index is 545. The van der Waals surface area contributed by atoms with Gasteiger partial charge in [0.25, 0.3) is 5.69 Å². The molecule has 1 fully saturated rings. The summed E-state index contributed by atoms with van der Waals surface area (Å²) >= 11 is 5.73. The molecule has 0 bridgehead atoms. The average molecular weight is 326 g/mol. The van der Waals surface area contributed by atoms with Crippen LogP contribution in [0.1, 0.15) is 38.5 Å². The van der Waals surface area contributed by atoms with E-state index in [4.69, 9.17) is 11.6 Å². The lowest BCUT2D eigenvalue weighted by molar-refractivity contribution is -0.384. The molecule has 1 aromatic rings. The normalized spacial score (nSPS) is 15.3. The molecule has 2 amide bonds. The molecule has 120 valence electrons. The van der Waals surface area contributed by atoms with Gasteiger partial charge in [-0.05, 0) is 24.5 Å². The predicted molar refractivity (Wildman–Crippen MR) is 86.3 cm³/mol. The van der Waals surface area contributed by atoms with Gasteiger partial charge in [0.15, 0.2) is 0 Å². The number of anilines is 1. The largest absolute Gasteiger partial charge is 0.338 e. The molecule has 0 unspecified atom stereocenters. The molecule has 0 heterocycles. The zero-order valence-corrected chi connectivity index (χ0v) is 13.1. The molecule has 7 heteroatoms. The fourth-order valence-corrected chi connectivity index (χ4v) is 2.96. The monoisotopic (exact) mass is 325 g/mol. The number of urea groups is 1. The Morgan fingerprint density at radius 2 is 2.05 bits per heavy atom. The van der Waals surface area contributed by atoms with Crippen molar-refractivity contribution in [1.82, 2.24) is 5.32 Å². The maximum Gasteiger partial charge on any atom is 0.319 e. The van der Waals surface area contributed by atoms with Crippen LogP contribution in [-0.4, -0.2) is 17.5 Å². The topological polar surface area (TPSA) is 84.3 Å². The van der Waals surface area contributed by atoms with E-state index in [1.165, 1.54) is 50.3 Å². The summed E-state index contributed by atoms with van der Waals surface area (Å²) in [5.74, 6) is 0.700. The molecular formula is C15H20ClN3O3. The van der Waals surface area contributed by atoms with Crippen molar-refractivity contribution < 1.29 is 9.72 Å². The molecule has 2 rings (SSSR count). The Morgan fingerprint density at radius 1 is 1.32 bits per heavy atom. The molecule has 0 radical (unpaired) electrons. The maximum atomic E-state index is 11.8. The number of amides is 2. The van der Waals surface area contributed by atoms with E-state index >= 15 is 0 Å². The number of carbonyl (C=O) groups excluding carboxylic acids is 1. The fraction of sp³-hybridized carbons (Fsp3) is 0.533. The molecule has 0 spiro atoms. The molecule has 6 nitrogen and oxygen atoms in total. The first-order valence-electron chi connectivity index (χ1n) is 7.55. The number of rotatable bonds is 5. The third-order valence-electron chi connectivity index (χ3n) is 3.96. The van der Waals surface area contributed by atoms with E-state index in [-0.39, 0.29) is 16.7 Å². The average Bonchev–Trinajstić information content (AvgIpc) is 2.50. The van der Waals surface area contributed by atoms with Crippen LogP contribution in [0.4, 0.5) is 16.2 Å². The highest BCUT2D eigenvalue weighted by Gasteiger charge is 2.15. The Hall–Kier alpha value is -1.82. The molecule has 0 aromatic heterocycles. The van der Waals surface area contributed by atoms with E-state index < -0.39 is 4.92 Å². The summed E-state index contributed by atoms with van der Waals surface area (Å²) in [4.78, 5) is 22.0. The van der Waals surface area contributed by atoms with Crippen LogP contribution in [0.25, 0.3) is 0 Å². The van der Waals surface area contributed by atoms with Gasteiger partial charge in [0.1, 0.15) is 5.02 Å². The van der Waals surface area contributed by atoms with E-state index in [2.05, 4.69) is 10.6 Å². The number of hydrogen-bond acceptors (Lipinski definition) is 3. The van der Waals surface area contributed by atoms with Gasteiger partial charge in [0.2, 0.25) is 0 Å². The van der Waals surface area contributed by atoms with Crippen LogP contribution >= 0.6 is 11.6 Å². The van der Waals surface area contributed by atoms with Crippen molar-refractivity contribution in [3.8, 4) is 0 Å². The minimum absolute atomic E-state index is 0.0493. The van der Waals surface area contributed by atoms with Crippen molar-refractivity contribution in [2.45, 2.75) is 38.5 Å². The van der Waals surface area contributed by atoms with Gasteiger partial charge in [0.05, 0.1) is 4.92 Å². The highest BCUT2D eigenvalue weighted by molar-refractivity contribution is 6.32. The molecule has 1 saturated carbocycles. The first kappa shape index (κ1) is 16.5. The van der Waals surface area contributed by atoms with E-state index in [0.29, 0.717) is 18.2 Å². The Labute approximate surface area is 134 Å². The molecule has 1 aliphatic rings. The van der Waals surface area contributed by atoms with Crippen molar-refractivity contribution in [3.63, 3.8) is 0 Å². The lowest BCUT2D eigenvalue weighted by atomic mass is 9.87. The number of nitro benzene ring substituents is 1. The van der Waals surface area contributed by atoms with Crippen LogP contribution in [0, 0.1) is 16.0 Å². The molecule has 1 aromatic carbocycles. The first-order valence-corrected chi connectivity index (χ1v) is 7.93. The zero-order chi connectivity index (χ0) is 15.9. The van der Waals surface area contributed by atoms with Gasteiger partial charge in [-0.1, -0.05) is 43.7 Å². The predicted octanol–water partition coefficient (Wildman–Crippen LogP) is 4.34. The van der Waals surface area contributed by atoms with Crippen LogP contribution in [-0.2, 0) is 0 Å². The van der Waals surface area contributed by atoms with Crippen LogP contribution in [0.5, 0.6) is 0 Å². The Morgan fingerprint density at radius 3 is 2.73 bits per heavy atom. The van der Waals surface area contributed by atoms with Crippen molar-refractivity contribution in [2.75, 3.05) is 11.9 Å². The van der Waals surface area contributed by atoms with E-state index in [1.807, 2.05) is 0 Å². The summed E-state index contributed by atoms with van der Waals surface area (Å²) in [6, 6.07) is 3.84. The van der Waals surface area contributed by atoms with Crippen molar-refractivity contribution in [2.24, 2.45) is 5.92 Å². The quantitative estimate of drug-likeness (QED) is 0.623. The second-order valence-electron chi connectivity index (χ2n) is 5.60. The number of nitro groups is 1. The minimum Gasteiger partial charge on any atom is -0.338 e. The van der Waals surface area contributed by atoms with E-state index in [9.17, 15) is 14.9 Å². The van der Waals surface area contributed by atoms with Crippen LogP contribution in [0.15, 0.2) is 18.2 Å². The van der Waals surface area contributed by atoms with Gasteiger partial charge in [0, 0.05) is 18.3 Å². The highest BCUT2D eigenvalue weighted by atomic mass is 35.5. The highest BCUT2D eigenvalue weighted by Crippen LogP contribution is 2.27. The lowest BCUT2D eigenvalue weighted by Crippen LogP contribution is -2.30. The number of nitrogens with one attached hydrogen (secondary N) is 2. The third kappa shape index (κ3) is 4.87. The van der Waals surface area contributed by atoms with Crippen molar-refractivity contribution in [1.29, 1.82) is 0 Å². The second-order valence-corrected chi connectivity index (χ2v) is 6.00. The number of hydrogen-bond donors (Lipinski definition) is 2. The molecule has 2 N–H and O–H groups in total. The number of halogens is 1. The number of carbonyl (C=O) groups is 1. The minimum atomic E-state index is -0.575. The van der Waals surface area contributed by atoms with Crippen LogP contribution in [0.3, 0.4) is 0 Å². The van der Waals surface area contributed by atoms with Gasteiger partial charge in [-0.15, -0.1) is 0 Å². The standard InChI is InChI=1S/C15H20ClN3O3/c16-13-7-6-12(10-14(13)19(21)22)18-15(20)17-9-8-11-4-2-1-3-5-11/h6-7,10-11H,1-5,8-9H2,(H2,17,18,20). The van der Waals surface area contributed by atoms with Gasteiger partial charge in [-0.25, -0.2) is 4.79 Å². The smallest absolute Gasteiger partial charge is 0.319 e. The molecule has 0 atom stereocenters. The Balaban J connectivity index is 1.79. The molecule has 1 aliphatic carbocycles. The maximum absolute atomic E-state index is 11.8. The van der Waals surface area contributed by atoms with Crippen molar-refractivity contribution in [3.05, 3.63) is 33.3 Å². The molecule has 22 heavy (non-hydrogen) atoms. The zero-order valence-electron chi connectivity index (χ0n) is 12.3. The molecule has 0 aliphatic heterocycles. The summed E-state index contributed by atoms with van der Waals surface area (Å²) < 4.78 is 0. The van der Waals surface area contributed by atoms with Gasteiger partial charge in [-0.3, -0.25) is 10.1 Å². The SMILES string of the molecule is O=C(NCCC1CCCCC1)Nc1ccc(Cl)c([N+](=O)[O-])c1.